The summed E-state index contributed by atoms with van der Waals surface area (Å²) in [6.07, 6.45) is 5.64. The number of aliphatic carboxylic acids is 1. The zero-order chi connectivity index (χ0) is 15.7. The van der Waals surface area contributed by atoms with Crippen molar-refractivity contribution in [2.24, 2.45) is 11.3 Å². The molecule has 1 aliphatic heterocycles. The predicted molar refractivity (Wildman–Crippen MR) is 88.4 cm³/mol. The zero-order valence-corrected chi connectivity index (χ0v) is 14.0. The molecule has 1 atom stereocenters. The molecule has 0 unspecified atom stereocenters. The van der Waals surface area contributed by atoms with Gasteiger partial charge in [-0.25, -0.2) is 0 Å². The SMILES string of the molecule is O=C(O)[C@@H]1CN(Cc2ccc(Cl)c(Cl)c2)CC12CCCCC2. The Morgan fingerprint density at radius 2 is 1.95 bits per heavy atom. The third-order valence-corrected chi connectivity index (χ3v) is 6.00. The van der Waals surface area contributed by atoms with Crippen molar-refractivity contribution < 1.29 is 9.90 Å². The van der Waals surface area contributed by atoms with Gasteiger partial charge >= 0.3 is 5.97 Å². The van der Waals surface area contributed by atoms with Crippen LogP contribution in [0.2, 0.25) is 10.0 Å². The zero-order valence-electron chi connectivity index (χ0n) is 12.5. The number of halogens is 2. The highest BCUT2D eigenvalue weighted by atomic mass is 35.5. The minimum absolute atomic E-state index is 0.0275. The van der Waals surface area contributed by atoms with Crippen LogP contribution in [0.15, 0.2) is 18.2 Å². The van der Waals surface area contributed by atoms with Gasteiger partial charge in [0.15, 0.2) is 0 Å². The van der Waals surface area contributed by atoms with E-state index in [9.17, 15) is 9.90 Å². The van der Waals surface area contributed by atoms with Gasteiger partial charge in [0.25, 0.3) is 0 Å². The van der Waals surface area contributed by atoms with Crippen molar-refractivity contribution in [3.63, 3.8) is 0 Å². The second-order valence-electron chi connectivity index (χ2n) is 6.73. The van der Waals surface area contributed by atoms with Crippen LogP contribution in [0.4, 0.5) is 0 Å². The van der Waals surface area contributed by atoms with Crippen molar-refractivity contribution in [1.82, 2.24) is 4.90 Å². The van der Waals surface area contributed by atoms with Crippen LogP contribution < -0.4 is 0 Å². The highest BCUT2D eigenvalue weighted by molar-refractivity contribution is 6.42. The van der Waals surface area contributed by atoms with Gasteiger partial charge in [-0.05, 0) is 36.0 Å². The summed E-state index contributed by atoms with van der Waals surface area (Å²) in [5, 5.41) is 10.7. The van der Waals surface area contributed by atoms with Gasteiger partial charge in [-0.1, -0.05) is 48.5 Å². The first kappa shape index (κ1) is 16.1. The van der Waals surface area contributed by atoms with Gasteiger partial charge in [0.2, 0.25) is 0 Å². The summed E-state index contributed by atoms with van der Waals surface area (Å²) in [7, 11) is 0. The minimum Gasteiger partial charge on any atom is -0.481 e. The second kappa shape index (κ2) is 6.38. The molecule has 1 aromatic rings. The van der Waals surface area contributed by atoms with Gasteiger partial charge in [0.1, 0.15) is 0 Å². The standard InChI is InChI=1S/C17H21Cl2NO2/c18-14-5-4-12(8-15(14)19)9-20-10-13(16(21)22)17(11-20)6-2-1-3-7-17/h4-5,8,13H,1-3,6-7,9-11H2,(H,21,22)/t13-/m0/s1. The smallest absolute Gasteiger partial charge is 0.308 e. The van der Waals surface area contributed by atoms with Crippen LogP contribution in [0.25, 0.3) is 0 Å². The number of carboxylic acids is 1. The van der Waals surface area contributed by atoms with E-state index in [-0.39, 0.29) is 11.3 Å². The molecule has 2 aliphatic rings. The fraction of sp³-hybridized carbons (Fsp3) is 0.588. The lowest BCUT2D eigenvalue weighted by atomic mass is 9.68. The molecule has 1 saturated carbocycles. The van der Waals surface area contributed by atoms with Crippen LogP contribution in [-0.4, -0.2) is 29.1 Å². The largest absolute Gasteiger partial charge is 0.481 e. The monoisotopic (exact) mass is 341 g/mol. The number of hydrogen-bond donors (Lipinski definition) is 1. The molecule has 0 bridgehead atoms. The number of nitrogens with zero attached hydrogens (tertiary/aromatic N) is 1. The number of likely N-dealkylation sites (tertiary alicyclic amines) is 1. The van der Waals surface area contributed by atoms with E-state index in [1.165, 1.54) is 6.42 Å². The van der Waals surface area contributed by atoms with Gasteiger partial charge in [0.05, 0.1) is 16.0 Å². The van der Waals surface area contributed by atoms with Crippen LogP contribution >= 0.6 is 23.2 Å². The Labute approximate surface area is 141 Å². The molecule has 0 aromatic heterocycles. The number of carbonyl (C=O) groups is 1. The van der Waals surface area contributed by atoms with Crippen LogP contribution in [0.3, 0.4) is 0 Å². The van der Waals surface area contributed by atoms with E-state index in [0.29, 0.717) is 16.6 Å². The van der Waals surface area contributed by atoms with Crippen LogP contribution in [-0.2, 0) is 11.3 Å². The maximum absolute atomic E-state index is 11.7. The number of hydrogen-bond acceptors (Lipinski definition) is 2. The lowest BCUT2D eigenvalue weighted by Crippen LogP contribution is -2.36. The average Bonchev–Trinajstić information content (AvgIpc) is 2.82. The quantitative estimate of drug-likeness (QED) is 0.882. The third-order valence-electron chi connectivity index (χ3n) is 5.26. The molecular weight excluding hydrogens is 321 g/mol. The molecule has 5 heteroatoms. The molecule has 1 spiro atoms. The van der Waals surface area contributed by atoms with Crippen molar-refractivity contribution in [1.29, 1.82) is 0 Å². The van der Waals surface area contributed by atoms with E-state index in [1.807, 2.05) is 12.1 Å². The van der Waals surface area contributed by atoms with E-state index in [2.05, 4.69) is 4.90 Å². The highest BCUT2D eigenvalue weighted by Crippen LogP contribution is 2.48. The van der Waals surface area contributed by atoms with E-state index in [0.717, 1.165) is 44.3 Å². The van der Waals surface area contributed by atoms with Crippen molar-refractivity contribution in [3.05, 3.63) is 33.8 Å². The van der Waals surface area contributed by atoms with Crippen LogP contribution in [0.5, 0.6) is 0 Å². The molecule has 3 nitrogen and oxygen atoms in total. The van der Waals surface area contributed by atoms with E-state index < -0.39 is 5.97 Å². The summed E-state index contributed by atoms with van der Waals surface area (Å²) in [6, 6.07) is 5.65. The molecule has 3 rings (SSSR count). The van der Waals surface area contributed by atoms with E-state index in [1.54, 1.807) is 6.07 Å². The van der Waals surface area contributed by atoms with Crippen LogP contribution in [0.1, 0.15) is 37.7 Å². The van der Waals surface area contributed by atoms with Crippen molar-refractivity contribution >= 4 is 29.2 Å². The summed E-state index contributed by atoms with van der Waals surface area (Å²) >= 11 is 12.0. The molecule has 1 heterocycles. The summed E-state index contributed by atoms with van der Waals surface area (Å²) in [6.45, 7) is 2.25. The predicted octanol–water partition coefficient (Wildman–Crippen LogP) is 4.46. The summed E-state index contributed by atoms with van der Waals surface area (Å²) in [4.78, 5) is 14.0. The first-order valence-corrected chi connectivity index (χ1v) is 8.65. The molecule has 22 heavy (non-hydrogen) atoms. The lowest BCUT2D eigenvalue weighted by Gasteiger charge is -2.36. The Morgan fingerprint density at radius 3 is 2.59 bits per heavy atom. The Balaban J connectivity index is 1.75. The number of rotatable bonds is 3. The highest BCUT2D eigenvalue weighted by Gasteiger charge is 2.50. The first-order chi connectivity index (χ1) is 10.5. The molecule has 2 fully saturated rings. The Hall–Kier alpha value is -0.770. The summed E-state index contributed by atoms with van der Waals surface area (Å²) in [5.41, 5.74) is 1.06. The van der Waals surface area contributed by atoms with E-state index in [4.69, 9.17) is 23.2 Å². The molecule has 1 saturated heterocycles. The average molecular weight is 342 g/mol. The summed E-state index contributed by atoms with van der Waals surface area (Å²) < 4.78 is 0. The molecule has 0 radical (unpaired) electrons. The van der Waals surface area contributed by atoms with Gasteiger partial charge in [-0.3, -0.25) is 9.69 Å². The molecule has 1 aromatic carbocycles. The topological polar surface area (TPSA) is 40.5 Å². The third kappa shape index (κ3) is 3.12. The maximum atomic E-state index is 11.7. The lowest BCUT2D eigenvalue weighted by molar-refractivity contribution is -0.145. The van der Waals surface area contributed by atoms with Crippen molar-refractivity contribution in [2.75, 3.05) is 13.1 Å². The molecule has 1 aliphatic carbocycles. The Morgan fingerprint density at radius 1 is 1.23 bits per heavy atom. The van der Waals surface area contributed by atoms with Crippen molar-refractivity contribution in [2.45, 2.75) is 38.6 Å². The first-order valence-electron chi connectivity index (χ1n) is 7.89. The van der Waals surface area contributed by atoms with Crippen LogP contribution in [0, 0.1) is 11.3 Å². The fourth-order valence-corrected chi connectivity index (χ4v) is 4.51. The number of benzene rings is 1. The van der Waals surface area contributed by atoms with Gasteiger partial charge in [-0.2, -0.15) is 0 Å². The van der Waals surface area contributed by atoms with Crippen molar-refractivity contribution in [3.8, 4) is 0 Å². The number of carboxylic acid groups (broad SMARTS) is 1. The molecular formula is C17H21Cl2NO2. The molecule has 1 N–H and O–H groups in total. The van der Waals surface area contributed by atoms with Gasteiger partial charge < -0.3 is 5.11 Å². The second-order valence-corrected chi connectivity index (χ2v) is 7.55. The molecule has 120 valence electrons. The van der Waals surface area contributed by atoms with E-state index >= 15 is 0 Å². The normalized spacial score (nSPS) is 24.7. The molecule has 0 amide bonds. The maximum Gasteiger partial charge on any atom is 0.308 e. The Kier molecular flexibility index (Phi) is 4.67. The minimum atomic E-state index is -0.640. The summed E-state index contributed by atoms with van der Waals surface area (Å²) in [5.74, 6) is -0.880. The van der Waals surface area contributed by atoms with Gasteiger partial charge in [0, 0.05) is 19.6 Å². The van der Waals surface area contributed by atoms with Gasteiger partial charge in [-0.15, -0.1) is 0 Å². The fourth-order valence-electron chi connectivity index (χ4n) is 4.19. The Bertz CT molecular complexity index is 570.